The SMILES string of the molecule is CCc1nc(CNC(=O)Nc2c(C)ccc([N+](=O)[O-])c2C)cs1. The van der Waals surface area contributed by atoms with Gasteiger partial charge in [-0.25, -0.2) is 9.78 Å². The highest BCUT2D eigenvalue weighted by molar-refractivity contribution is 7.09. The van der Waals surface area contributed by atoms with Crippen LogP contribution in [-0.4, -0.2) is 15.9 Å². The van der Waals surface area contributed by atoms with Crippen molar-refractivity contribution in [2.75, 3.05) is 5.32 Å². The predicted molar refractivity (Wildman–Crippen MR) is 89.9 cm³/mol. The van der Waals surface area contributed by atoms with E-state index in [-0.39, 0.29) is 5.69 Å². The molecular weight excluding hydrogens is 316 g/mol. The quantitative estimate of drug-likeness (QED) is 0.645. The number of amides is 2. The molecule has 0 aliphatic rings. The van der Waals surface area contributed by atoms with Gasteiger partial charge in [-0.05, 0) is 25.8 Å². The fourth-order valence-electron chi connectivity index (χ4n) is 2.15. The van der Waals surface area contributed by atoms with E-state index < -0.39 is 11.0 Å². The molecule has 0 radical (unpaired) electrons. The number of nitrogens with zero attached hydrogens (tertiary/aromatic N) is 2. The fraction of sp³-hybridized carbons (Fsp3) is 0.333. The van der Waals surface area contributed by atoms with Gasteiger partial charge in [0.2, 0.25) is 0 Å². The second-order valence-corrected chi connectivity index (χ2v) is 6.00. The summed E-state index contributed by atoms with van der Waals surface area (Å²) in [5, 5.41) is 19.3. The van der Waals surface area contributed by atoms with Gasteiger partial charge >= 0.3 is 6.03 Å². The molecule has 8 heteroatoms. The zero-order valence-electron chi connectivity index (χ0n) is 13.2. The Bertz CT molecular complexity index is 742. The Morgan fingerprint density at radius 2 is 2.13 bits per heavy atom. The van der Waals surface area contributed by atoms with Crippen LogP contribution >= 0.6 is 11.3 Å². The molecule has 1 aromatic carbocycles. The Morgan fingerprint density at radius 1 is 1.39 bits per heavy atom. The summed E-state index contributed by atoms with van der Waals surface area (Å²) in [6.45, 7) is 5.75. The number of carbonyl (C=O) groups excluding carboxylic acids is 1. The average molecular weight is 334 g/mol. The van der Waals surface area contributed by atoms with Crippen molar-refractivity contribution in [3.05, 3.63) is 49.5 Å². The van der Waals surface area contributed by atoms with Gasteiger partial charge in [-0.2, -0.15) is 0 Å². The number of anilines is 1. The van der Waals surface area contributed by atoms with Crippen molar-refractivity contribution in [2.45, 2.75) is 33.7 Å². The lowest BCUT2D eigenvalue weighted by Gasteiger charge is -2.12. The first-order valence-corrected chi connectivity index (χ1v) is 8.03. The van der Waals surface area contributed by atoms with Crippen LogP contribution in [0.5, 0.6) is 0 Å². The molecule has 0 aliphatic carbocycles. The third-order valence-corrected chi connectivity index (χ3v) is 4.45. The Balaban J connectivity index is 2.05. The first-order valence-electron chi connectivity index (χ1n) is 7.15. The van der Waals surface area contributed by atoms with Gasteiger partial charge < -0.3 is 10.6 Å². The monoisotopic (exact) mass is 334 g/mol. The van der Waals surface area contributed by atoms with Crippen LogP contribution in [-0.2, 0) is 13.0 Å². The van der Waals surface area contributed by atoms with Crippen molar-refractivity contribution in [1.82, 2.24) is 10.3 Å². The van der Waals surface area contributed by atoms with Gasteiger partial charge in [-0.15, -0.1) is 11.3 Å². The summed E-state index contributed by atoms with van der Waals surface area (Å²) in [7, 11) is 0. The number of urea groups is 1. The summed E-state index contributed by atoms with van der Waals surface area (Å²) in [4.78, 5) is 26.9. The van der Waals surface area contributed by atoms with E-state index in [1.165, 1.54) is 6.07 Å². The van der Waals surface area contributed by atoms with E-state index in [1.807, 2.05) is 12.3 Å². The summed E-state index contributed by atoms with van der Waals surface area (Å²) in [5.41, 5.74) is 2.45. The number of thiazole rings is 1. The summed E-state index contributed by atoms with van der Waals surface area (Å²) in [6, 6.07) is 2.65. The van der Waals surface area contributed by atoms with Crippen molar-refractivity contribution in [1.29, 1.82) is 0 Å². The summed E-state index contributed by atoms with van der Waals surface area (Å²) in [5.74, 6) is 0. The lowest BCUT2D eigenvalue weighted by Crippen LogP contribution is -2.29. The van der Waals surface area contributed by atoms with Gasteiger partial charge in [0.25, 0.3) is 5.69 Å². The van der Waals surface area contributed by atoms with Gasteiger partial charge in [0.15, 0.2) is 0 Å². The van der Waals surface area contributed by atoms with Crippen molar-refractivity contribution >= 4 is 28.7 Å². The standard InChI is InChI=1S/C15H18N4O3S/c1-4-13-17-11(8-23-13)7-16-15(20)18-14-9(2)5-6-12(10(14)3)19(21)22/h5-6,8H,4,7H2,1-3H3,(H2,16,18,20). The maximum absolute atomic E-state index is 12.0. The molecule has 122 valence electrons. The smallest absolute Gasteiger partial charge is 0.319 e. The lowest BCUT2D eigenvalue weighted by atomic mass is 10.1. The number of nitrogens with one attached hydrogen (secondary N) is 2. The number of rotatable bonds is 5. The van der Waals surface area contributed by atoms with Gasteiger partial charge in [-0.1, -0.05) is 13.0 Å². The van der Waals surface area contributed by atoms with E-state index in [9.17, 15) is 14.9 Å². The van der Waals surface area contributed by atoms with Crippen LogP contribution in [0.25, 0.3) is 0 Å². The molecule has 2 aromatic rings. The van der Waals surface area contributed by atoms with E-state index in [0.29, 0.717) is 17.8 Å². The number of nitro groups is 1. The second-order valence-electron chi connectivity index (χ2n) is 5.05. The number of hydrogen-bond donors (Lipinski definition) is 2. The van der Waals surface area contributed by atoms with Crippen LogP contribution < -0.4 is 10.6 Å². The van der Waals surface area contributed by atoms with Crippen molar-refractivity contribution in [3.63, 3.8) is 0 Å². The molecule has 2 N–H and O–H groups in total. The van der Waals surface area contributed by atoms with Crippen LogP contribution in [0.1, 0.15) is 28.8 Å². The molecule has 0 saturated heterocycles. The Kier molecular flexibility index (Phi) is 5.28. The molecule has 0 unspecified atom stereocenters. The van der Waals surface area contributed by atoms with Crippen LogP contribution in [0.3, 0.4) is 0 Å². The van der Waals surface area contributed by atoms with Crippen LogP contribution in [0.4, 0.5) is 16.2 Å². The van der Waals surface area contributed by atoms with Gasteiger partial charge in [0.1, 0.15) is 0 Å². The first-order chi connectivity index (χ1) is 10.9. The molecule has 0 aliphatic heterocycles. The third kappa shape index (κ3) is 4.04. The summed E-state index contributed by atoms with van der Waals surface area (Å²) >= 11 is 1.56. The summed E-state index contributed by atoms with van der Waals surface area (Å²) in [6.07, 6.45) is 0.864. The number of benzene rings is 1. The molecule has 0 saturated carbocycles. The van der Waals surface area contributed by atoms with E-state index in [1.54, 1.807) is 31.3 Å². The average Bonchev–Trinajstić information content (AvgIpc) is 2.97. The maximum atomic E-state index is 12.0. The minimum atomic E-state index is -0.459. The molecule has 0 spiro atoms. The molecule has 1 aromatic heterocycles. The highest BCUT2D eigenvalue weighted by Gasteiger charge is 2.17. The molecule has 0 atom stereocenters. The van der Waals surface area contributed by atoms with E-state index in [4.69, 9.17) is 0 Å². The van der Waals surface area contributed by atoms with E-state index in [2.05, 4.69) is 15.6 Å². The van der Waals surface area contributed by atoms with Crippen molar-refractivity contribution < 1.29 is 9.72 Å². The van der Waals surface area contributed by atoms with E-state index >= 15 is 0 Å². The lowest BCUT2D eigenvalue weighted by molar-refractivity contribution is -0.385. The van der Waals surface area contributed by atoms with Crippen LogP contribution in [0, 0.1) is 24.0 Å². The molecular formula is C15H18N4O3S. The Hall–Kier alpha value is -2.48. The first kappa shape index (κ1) is 16.9. The number of carbonyl (C=O) groups is 1. The molecule has 0 bridgehead atoms. The van der Waals surface area contributed by atoms with Gasteiger partial charge in [0, 0.05) is 11.4 Å². The van der Waals surface area contributed by atoms with Crippen LogP contribution in [0.2, 0.25) is 0 Å². The zero-order valence-corrected chi connectivity index (χ0v) is 14.0. The summed E-state index contributed by atoms with van der Waals surface area (Å²) < 4.78 is 0. The number of aryl methyl sites for hydroxylation is 2. The van der Waals surface area contributed by atoms with E-state index in [0.717, 1.165) is 22.7 Å². The molecule has 23 heavy (non-hydrogen) atoms. The molecule has 2 amide bonds. The van der Waals surface area contributed by atoms with Crippen molar-refractivity contribution in [3.8, 4) is 0 Å². The highest BCUT2D eigenvalue weighted by atomic mass is 32.1. The molecule has 1 heterocycles. The maximum Gasteiger partial charge on any atom is 0.319 e. The molecule has 2 rings (SSSR count). The Morgan fingerprint density at radius 3 is 2.74 bits per heavy atom. The molecule has 7 nitrogen and oxygen atoms in total. The fourth-order valence-corrected chi connectivity index (χ4v) is 2.89. The van der Waals surface area contributed by atoms with Gasteiger partial charge in [-0.3, -0.25) is 10.1 Å². The number of nitro benzene ring substituents is 1. The highest BCUT2D eigenvalue weighted by Crippen LogP contribution is 2.28. The predicted octanol–water partition coefficient (Wildman–Crippen LogP) is 3.55. The normalized spacial score (nSPS) is 10.4. The van der Waals surface area contributed by atoms with Crippen LogP contribution in [0.15, 0.2) is 17.5 Å². The van der Waals surface area contributed by atoms with Crippen molar-refractivity contribution in [2.24, 2.45) is 0 Å². The molecule has 0 fully saturated rings. The third-order valence-electron chi connectivity index (χ3n) is 3.41. The Labute approximate surface area is 137 Å². The zero-order chi connectivity index (χ0) is 17.0. The number of hydrogen-bond acceptors (Lipinski definition) is 5. The second kappa shape index (κ2) is 7.19. The minimum absolute atomic E-state index is 0.0158. The minimum Gasteiger partial charge on any atom is -0.332 e. The largest absolute Gasteiger partial charge is 0.332 e. The topological polar surface area (TPSA) is 97.2 Å². The van der Waals surface area contributed by atoms with Gasteiger partial charge in [0.05, 0.1) is 33.4 Å². The number of aromatic nitrogens is 1.